The number of hydrogen-bond acceptors (Lipinski definition) is 4. The Balaban J connectivity index is 1.38. The van der Waals surface area contributed by atoms with Crippen molar-refractivity contribution in [2.45, 2.75) is 31.0 Å². The molecule has 43 heavy (non-hydrogen) atoms. The van der Waals surface area contributed by atoms with Gasteiger partial charge >= 0.3 is 18.2 Å². The number of halogens is 5. The number of carbonyl (C=O) groups is 2. The first kappa shape index (κ1) is 30.8. The fourth-order valence-electron chi connectivity index (χ4n) is 5.89. The molecule has 3 aromatic carbocycles. The maximum atomic E-state index is 13.4. The highest BCUT2D eigenvalue weighted by atomic mass is 35.5. The Morgan fingerprint density at radius 3 is 2.16 bits per heavy atom. The second-order valence-corrected chi connectivity index (χ2v) is 11.3. The maximum Gasteiger partial charge on any atom is 0.471 e. The first-order valence-corrected chi connectivity index (χ1v) is 14.5. The number of piperidine rings is 1. The molecule has 1 saturated heterocycles. The molecule has 1 atom stereocenters. The smallest absolute Gasteiger partial charge is 0.471 e. The average Bonchev–Trinajstić information content (AvgIpc) is 3.32. The van der Waals surface area contributed by atoms with Crippen molar-refractivity contribution in [1.82, 2.24) is 10.2 Å². The van der Waals surface area contributed by atoms with Crippen LogP contribution in [-0.4, -0.2) is 49.4 Å². The Labute approximate surface area is 257 Å². The van der Waals surface area contributed by atoms with Crippen molar-refractivity contribution in [3.05, 3.63) is 100 Å². The van der Waals surface area contributed by atoms with Crippen molar-refractivity contribution < 1.29 is 32.2 Å². The van der Waals surface area contributed by atoms with Crippen LogP contribution in [0.4, 0.5) is 18.0 Å². The Kier molecular flexibility index (Phi) is 9.22. The zero-order chi connectivity index (χ0) is 30.7. The molecule has 226 valence electrons. The molecule has 1 aliphatic heterocycles. The van der Waals surface area contributed by atoms with Crippen molar-refractivity contribution in [3.63, 3.8) is 0 Å². The van der Waals surface area contributed by atoms with Gasteiger partial charge in [0, 0.05) is 30.6 Å². The van der Waals surface area contributed by atoms with Gasteiger partial charge in [0.05, 0.1) is 16.1 Å². The maximum absolute atomic E-state index is 13.4. The lowest BCUT2D eigenvalue weighted by Gasteiger charge is -2.37. The van der Waals surface area contributed by atoms with Crippen molar-refractivity contribution in [1.29, 1.82) is 0 Å². The first-order valence-electron chi connectivity index (χ1n) is 13.8. The molecule has 0 bridgehead atoms. The third-order valence-electron chi connectivity index (χ3n) is 7.90. The predicted octanol–water partition coefficient (Wildman–Crippen LogP) is 7.94. The van der Waals surface area contributed by atoms with E-state index in [1.165, 1.54) is 6.07 Å². The highest BCUT2D eigenvalue weighted by Crippen LogP contribution is 2.45. The van der Waals surface area contributed by atoms with Crippen LogP contribution in [0.1, 0.15) is 41.5 Å². The summed E-state index contributed by atoms with van der Waals surface area (Å²) < 4.78 is 50.8. The van der Waals surface area contributed by atoms with Gasteiger partial charge in [-0.25, -0.2) is 4.79 Å². The Morgan fingerprint density at radius 1 is 1.00 bits per heavy atom. The molecule has 1 heterocycles. The number of likely N-dealkylation sites (tertiary alicyclic amines) is 1. The van der Waals surface area contributed by atoms with Gasteiger partial charge < -0.3 is 19.7 Å². The van der Waals surface area contributed by atoms with Gasteiger partial charge in [-0.3, -0.25) is 4.79 Å². The topological polar surface area (TPSA) is 67.9 Å². The van der Waals surface area contributed by atoms with Gasteiger partial charge in [0.15, 0.2) is 0 Å². The van der Waals surface area contributed by atoms with Crippen LogP contribution in [0, 0.1) is 5.92 Å². The number of ether oxygens (including phenoxy) is 2. The number of rotatable bonds is 8. The van der Waals surface area contributed by atoms with Gasteiger partial charge in [-0.05, 0) is 47.1 Å². The normalized spacial score (nSPS) is 15.8. The summed E-state index contributed by atoms with van der Waals surface area (Å²) in [5.41, 5.74) is 4.78. The van der Waals surface area contributed by atoms with Crippen LogP contribution < -0.4 is 10.1 Å². The summed E-state index contributed by atoms with van der Waals surface area (Å²) in [6, 6.07) is 18.3. The number of alkyl carbamates (subject to hydrolysis) is 1. The summed E-state index contributed by atoms with van der Waals surface area (Å²) in [7, 11) is 0. The van der Waals surface area contributed by atoms with Gasteiger partial charge in [0.2, 0.25) is 0 Å². The van der Waals surface area contributed by atoms with Crippen LogP contribution in [0.2, 0.25) is 10.0 Å². The summed E-state index contributed by atoms with van der Waals surface area (Å²) in [6.45, 7) is 3.62. The Bertz CT molecular complexity index is 1480. The fourth-order valence-corrected chi connectivity index (χ4v) is 6.22. The van der Waals surface area contributed by atoms with Crippen LogP contribution in [0.5, 0.6) is 5.75 Å². The average molecular weight is 633 g/mol. The van der Waals surface area contributed by atoms with Crippen LogP contribution in [-0.2, 0) is 9.53 Å². The van der Waals surface area contributed by atoms with E-state index in [4.69, 9.17) is 32.7 Å². The largest absolute Gasteiger partial charge is 0.489 e. The summed E-state index contributed by atoms with van der Waals surface area (Å²) in [5.74, 6) is -2.06. The minimum absolute atomic E-state index is 0.0757. The molecular weight excluding hydrogens is 604 g/mol. The highest BCUT2D eigenvalue weighted by Gasteiger charge is 2.44. The molecule has 1 fully saturated rings. The van der Waals surface area contributed by atoms with Crippen LogP contribution in [0.3, 0.4) is 0 Å². The number of benzene rings is 3. The lowest BCUT2D eigenvalue weighted by molar-refractivity contribution is -0.186. The summed E-state index contributed by atoms with van der Waals surface area (Å²) in [5, 5.41) is 3.36. The number of nitrogens with zero attached hydrogens (tertiary/aromatic N) is 1. The standard InChI is InChI=1S/C32H29Cl2F3N2O4/c1-2-15-42-28-17-27(34)26(33)16-24(28)29(19-11-13-39(14-12-19)30(40)32(35,36)37)38-31(41)43-18-25-22-9-5-3-7-20(22)21-8-4-6-10-23(21)25/h2-10,16-17,19,25,29H,1,11-15,18H2,(H,38,41). The zero-order valence-corrected chi connectivity index (χ0v) is 24.5. The van der Waals surface area contributed by atoms with Crippen molar-refractivity contribution in [3.8, 4) is 16.9 Å². The molecule has 1 aliphatic carbocycles. The first-order chi connectivity index (χ1) is 20.6. The van der Waals surface area contributed by atoms with Crippen molar-refractivity contribution in [2.75, 3.05) is 26.3 Å². The Morgan fingerprint density at radius 2 is 1.58 bits per heavy atom. The minimum Gasteiger partial charge on any atom is -0.489 e. The zero-order valence-electron chi connectivity index (χ0n) is 23.0. The molecule has 11 heteroatoms. The van der Waals surface area contributed by atoms with E-state index in [1.54, 1.807) is 12.1 Å². The van der Waals surface area contributed by atoms with E-state index in [-0.39, 0.29) is 61.0 Å². The quantitative estimate of drug-likeness (QED) is 0.256. The third kappa shape index (κ3) is 6.63. The van der Waals surface area contributed by atoms with Gasteiger partial charge in [-0.2, -0.15) is 13.2 Å². The van der Waals surface area contributed by atoms with Crippen LogP contribution >= 0.6 is 23.2 Å². The van der Waals surface area contributed by atoms with E-state index in [2.05, 4.69) is 11.9 Å². The molecule has 0 aromatic heterocycles. The summed E-state index contributed by atoms with van der Waals surface area (Å²) in [6.07, 6.45) is -3.74. The second-order valence-electron chi connectivity index (χ2n) is 10.5. The van der Waals surface area contributed by atoms with Gasteiger partial charge in [0.25, 0.3) is 0 Å². The molecule has 1 N–H and O–H groups in total. The molecule has 1 unspecified atom stereocenters. The number of hydrogen-bond donors (Lipinski definition) is 1. The monoisotopic (exact) mass is 632 g/mol. The molecule has 5 rings (SSSR count). The fraction of sp³-hybridized carbons (Fsp3) is 0.312. The van der Waals surface area contributed by atoms with E-state index >= 15 is 0 Å². The SMILES string of the molecule is C=CCOc1cc(Cl)c(Cl)cc1C(NC(=O)OCC1c2ccccc2-c2ccccc21)C1CCN(C(=O)C(F)(F)F)CC1. The summed E-state index contributed by atoms with van der Waals surface area (Å²) >= 11 is 12.6. The van der Waals surface area contributed by atoms with E-state index in [1.807, 2.05) is 48.5 Å². The molecule has 2 aliphatic rings. The van der Waals surface area contributed by atoms with Crippen molar-refractivity contribution in [2.24, 2.45) is 5.92 Å². The van der Waals surface area contributed by atoms with E-state index in [9.17, 15) is 22.8 Å². The van der Waals surface area contributed by atoms with E-state index in [0.29, 0.717) is 11.3 Å². The Hall–Kier alpha value is -3.69. The molecule has 0 saturated carbocycles. The third-order valence-corrected chi connectivity index (χ3v) is 8.62. The molecule has 0 spiro atoms. The lowest BCUT2D eigenvalue weighted by atomic mass is 9.85. The van der Waals surface area contributed by atoms with Gasteiger partial charge in [-0.15, -0.1) is 0 Å². The number of carbonyl (C=O) groups excluding carboxylic acids is 2. The van der Waals surface area contributed by atoms with Gasteiger partial charge in [-0.1, -0.05) is 84.4 Å². The number of alkyl halides is 3. The second kappa shape index (κ2) is 12.9. The highest BCUT2D eigenvalue weighted by molar-refractivity contribution is 6.42. The van der Waals surface area contributed by atoms with Gasteiger partial charge in [0.1, 0.15) is 19.0 Å². The molecule has 0 radical (unpaired) electrons. The molecule has 2 amide bonds. The van der Waals surface area contributed by atoms with E-state index in [0.717, 1.165) is 27.2 Å². The van der Waals surface area contributed by atoms with E-state index < -0.39 is 24.2 Å². The number of fused-ring (bicyclic) bond motifs is 3. The lowest BCUT2D eigenvalue weighted by Crippen LogP contribution is -2.47. The molecule has 3 aromatic rings. The number of nitrogens with one attached hydrogen (secondary N) is 1. The minimum atomic E-state index is -4.96. The number of amides is 2. The predicted molar refractivity (Wildman–Crippen MR) is 158 cm³/mol. The molecular formula is C32H29Cl2F3N2O4. The van der Waals surface area contributed by atoms with Crippen molar-refractivity contribution >= 4 is 35.2 Å². The summed E-state index contributed by atoms with van der Waals surface area (Å²) in [4.78, 5) is 26.0. The van der Waals surface area contributed by atoms with Crippen LogP contribution in [0.15, 0.2) is 73.3 Å². The molecule has 6 nitrogen and oxygen atoms in total. The van der Waals surface area contributed by atoms with Crippen LogP contribution in [0.25, 0.3) is 11.1 Å².